The fourth-order valence-electron chi connectivity index (χ4n) is 1.70. The predicted octanol–water partition coefficient (Wildman–Crippen LogP) is 3.64. The number of carbonyl (C=O) groups is 3. The summed E-state index contributed by atoms with van der Waals surface area (Å²) in [6.45, 7) is 3.34. The van der Waals surface area contributed by atoms with Crippen LogP contribution in [0.4, 0.5) is 5.69 Å². The molecule has 0 aliphatic carbocycles. The molecule has 0 aliphatic heterocycles. The van der Waals surface area contributed by atoms with Gasteiger partial charge in [-0.15, -0.1) is 0 Å². The van der Waals surface area contributed by atoms with Crippen molar-refractivity contribution < 1.29 is 23.9 Å². The Hall–Kier alpha value is -1.92. The summed E-state index contributed by atoms with van der Waals surface area (Å²) in [5, 5.41) is 0.233. The van der Waals surface area contributed by atoms with Crippen molar-refractivity contribution in [3.63, 3.8) is 0 Å². The number of ketones is 1. The maximum absolute atomic E-state index is 12.0. The summed E-state index contributed by atoms with van der Waals surface area (Å²) in [7, 11) is 1.17. The standard InChI is InChI=1S/C16H17Cl2NO5/c1-4-5-24-16(22)11-6-10(17)7-13(14(11)18)19-8-12(9(2)20)15(21)23-3/h6-8,12H,4-5H2,1-3H3. The molecule has 1 aromatic carbocycles. The Morgan fingerprint density at radius 2 is 1.96 bits per heavy atom. The molecule has 8 heteroatoms. The van der Waals surface area contributed by atoms with Crippen molar-refractivity contribution in [2.75, 3.05) is 13.7 Å². The lowest BCUT2D eigenvalue weighted by Crippen LogP contribution is -2.24. The number of halogens is 2. The van der Waals surface area contributed by atoms with E-state index in [0.29, 0.717) is 6.42 Å². The molecule has 130 valence electrons. The molecule has 24 heavy (non-hydrogen) atoms. The maximum atomic E-state index is 12.0. The van der Waals surface area contributed by atoms with Crippen LogP contribution in [0.5, 0.6) is 0 Å². The van der Waals surface area contributed by atoms with E-state index in [1.54, 1.807) is 0 Å². The fraction of sp³-hybridized carbons (Fsp3) is 0.375. The van der Waals surface area contributed by atoms with Crippen molar-refractivity contribution in [2.45, 2.75) is 20.3 Å². The van der Waals surface area contributed by atoms with Gasteiger partial charge in [-0.2, -0.15) is 0 Å². The van der Waals surface area contributed by atoms with E-state index in [4.69, 9.17) is 27.9 Å². The zero-order valence-electron chi connectivity index (χ0n) is 13.5. The van der Waals surface area contributed by atoms with Gasteiger partial charge in [-0.25, -0.2) is 4.79 Å². The number of rotatable bonds is 7. The first kappa shape index (κ1) is 20.1. The second-order valence-electron chi connectivity index (χ2n) is 4.81. The summed E-state index contributed by atoms with van der Waals surface area (Å²) in [4.78, 5) is 39.0. The number of esters is 2. The van der Waals surface area contributed by atoms with E-state index in [-0.39, 0.29) is 27.9 Å². The van der Waals surface area contributed by atoms with Crippen LogP contribution < -0.4 is 0 Å². The van der Waals surface area contributed by atoms with Crippen LogP contribution in [0.25, 0.3) is 0 Å². The van der Waals surface area contributed by atoms with Crippen LogP contribution in [0.15, 0.2) is 17.1 Å². The summed E-state index contributed by atoms with van der Waals surface area (Å²) in [6.07, 6.45) is 1.77. The van der Waals surface area contributed by atoms with Crippen LogP contribution in [-0.2, 0) is 19.1 Å². The summed E-state index contributed by atoms with van der Waals surface area (Å²) < 4.78 is 9.56. The molecule has 6 nitrogen and oxygen atoms in total. The molecule has 0 N–H and O–H groups in total. The maximum Gasteiger partial charge on any atom is 0.339 e. The lowest BCUT2D eigenvalue weighted by molar-refractivity contribution is -0.145. The van der Waals surface area contributed by atoms with Gasteiger partial charge in [0.1, 0.15) is 5.78 Å². The van der Waals surface area contributed by atoms with Crippen molar-refractivity contribution in [3.05, 3.63) is 27.7 Å². The molecule has 0 saturated heterocycles. The van der Waals surface area contributed by atoms with Gasteiger partial charge in [0.25, 0.3) is 0 Å². The van der Waals surface area contributed by atoms with Crippen LogP contribution in [0.1, 0.15) is 30.6 Å². The zero-order valence-corrected chi connectivity index (χ0v) is 15.0. The minimum atomic E-state index is -1.17. The van der Waals surface area contributed by atoms with Gasteiger partial charge in [-0.05, 0) is 25.5 Å². The van der Waals surface area contributed by atoms with Crippen LogP contribution in [0.3, 0.4) is 0 Å². The third kappa shape index (κ3) is 5.32. The highest BCUT2D eigenvalue weighted by Crippen LogP contribution is 2.33. The summed E-state index contributed by atoms with van der Waals surface area (Å²) >= 11 is 12.1. The van der Waals surface area contributed by atoms with Gasteiger partial charge in [0.15, 0.2) is 5.92 Å². The number of hydrogen-bond acceptors (Lipinski definition) is 6. The van der Waals surface area contributed by atoms with Crippen LogP contribution in [-0.4, -0.2) is 37.7 Å². The van der Waals surface area contributed by atoms with E-state index in [1.165, 1.54) is 26.2 Å². The number of hydrogen-bond donors (Lipinski definition) is 0. The second-order valence-corrected chi connectivity index (χ2v) is 5.63. The molecule has 0 amide bonds. The van der Waals surface area contributed by atoms with E-state index >= 15 is 0 Å². The molecule has 0 heterocycles. The van der Waals surface area contributed by atoms with Crippen LogP contribution in [0.2, 0.25) is 10.0 Å². The predicted molar refractivity (Wildman–Crippen MR) is 91.4 cm³/mol. The lowest BCUT2D eigenvalue weighted by atomic mass is 10.1. The Labute approximate surface area is 149 Å². The Bertz CT molecular complexity index is 673. The van der Waals surface area contributed by atoms with Crippen molar-refractivity contribution in [1.82, 2.24) is 0 Å². The average molecular weight is 374 g/mol. The Balaban J connectivity index is 3.18. The molecule has 0 fully saturated rings. The number of aliphatic imine (C=N–C) groups is 1. The van der Waals surface area contributed by atoms with Gasteiger partial charge in [0.2, 0.25) is 0 Å². The highest BCUT2D eigenvalue weighted by atomic mass is 35.5. The number of Topliss-reactive ketones (excluding diaryl/α,β-unsaturated/α-hetero) is 1. The first-order chi connectivity index (χ1) is 11.3. The van der Waals surface area contributed by atoms with Gasteiger partial charge in [0.05, 0.1) is 30.0 Å². The second kappa shape index (κ2) is 9.39. The summed E-state index contributed by atoms with van der Waals surface area (Å²) in [5.74, 6) is -2.98. The number of nitrogens with zero attached hydrogens (tertiary/aromatic N) is 1. The number of benzene rings is 1. The quantitative estimate of drug-likeness (QED) is 0.413. The van der Waals surface area contributed by atoms with E-state index in [2.05, 4.69) is 9.73 Å². The van der Waals surface area contributed by atoms with Gasteiger partial charge < -0.3 is 9.47 Å². The van der Waals surface area contributed by atoms with E-state index in [0.717, 1.165) is 6.21 Å². The normalized spacial score (nSPS) is 12.0. The molecule has 0 saturated carbocycles. The highest BCUT2D eigenvalue weighted by molar-refractivity contribution is 6.38. The molecule has 0 aromatic heterocycles. The van der Waals surface area contributed by atoms with Crippen molar-refractivity contribution in [3.8, 4) is 0 Å². The fourth-order valence-corrected chi connectivity index (χ4v) is 2.15. The largest absolute Gasteiger partial charge is 0.468 e. The lowest BCUT2D eigenvalue weighted by Gasteiger charge is -2.09. The minimum Gasteiger partial charge on any atom is -0.468 e. The van der Waals surface area contributed by atoms with Crippen molar-refractivity contribution in [2.24, 2.45) is 10.9 Å². The number of methoxy groups -OCH3 is 1. The molecular weight excluding hydrogens is 357 g/mol. The average Bonchev–Trinajstić information content (AvgIpc) is 2.54. The molecule has 1 unspecified atom stereocenters. The molecule has 1 atom stereocenters. The zero-order chi connectivity index (χ0) is 18.3. The first-order valence-electron chi connectivity index (χ1n) is 7.10. The molecule has 0 spiro atoms. The molecule has 0 aliphatic rings. The summed E-state index contributed by atoms with van der Waals surface area (Å²) in [5.41, 5.74) is 0.199. The third-order valence-electron chi connectivity index (χ3n) is 2.93. The number of carbonyl (C=O) groups excluding carboxylic acids is 3. The van der Waals surface area contributed by atoms with E-state index < -0.39 is 23.6 Å². The van der Waals surface area contributed by atoms with Crippen molar-refractivity contribution >= 4 is 52.8 Å². The summed E-state index contributed by atoms with van der Waals surface area (Å²) in [6, 6.07) is 2.77. The minimum absolute atomic E-state index is 0.0175. The topological polar surface area (TPSA) is 82.0 Å². The van der Waals surface area contributed by atoms with Gasteiger partial charge in [-0.1, -0.05) is 30.1 Å². The SMILES string of the molecule is CCCOC(=O)c1cc(Cl)cc(N=CC(C(C)=O)C(=O)OC)c1Cl. The highest BCUT2D eigenvalue weighted by Gasteiger charge is 2.22. The van der Waals surface area contributed by atoms with Gasteiger partial charge in [0, 0.05) is 11.2 Å². The molecule has 1 rings (SSSR count). The van der Waals surface area contributed by atoms with Gasteiger partial charge >= 0.3 is 11.9 Å². The Morgan fingerprint density at radius 3 is 2.50 bits per heavy atom. The van der Waals surface area contributed by atoms with Crippen LogP contribution in [0, 0.1) is 5.92 Å². The molecule has 0 bridgehead atoms. The van der Waals surface area contributed by atoms with Crippen molar-refractivity contribution in [1.29, 1.82) is 0 Å². The number of ether oxygens (including phenoxy) is 2. The monoisotopic (exact) mass is 373 g/mol. The molecule has 0 radical (unpaired) electrons. The third-order valence-corrected chi connectivity index (χ3v) is 3.55. The van der Waals surface area contributed by atoms with Gasteiger partial charge in [-0.3, -0.25) is 14.6 Å². The Morgan fingerprint density at radius 1 is 1.29 bits per heavy atom. The molecule has 1 aromatic rings. The van der Waals surface area contributed by atoms with E-state index in [1.807, 2.05) is 6.92 Å². The first-order valence-corrected chi connectivity index (χ1v) is 7.86. The molecular formula is C16H17Cl2NO5. The van der Waals surface area contributed by atoms with Crippen LogP contribution >= 0.6 is 23.2 Å². The smallest absolute Gasteiger partial charge is 0.339 e. The van der Waals surface area contributed by atoms with E-state index in [9.17, 15) is 14.4 Å². The Kier molecular flexibility index (Phi) is 7.88.